The number of hydrogen-bond donors (Lipinski definition) is 1. The van der Waals surface area contributed by atoms with E-state index in [1.165, 1.54) is 12.1 Å². The maximum absolute atomic E-state index is 13.2. The van der Waals surface area contributed by atoms with Gasteiger partial charge in [0.2, 0.25) is 5.91 Å². The molecule has 0 radical (unpaired) electrons. The Labute approximate surface area is 201 Å². The standard InChI is InChI=1S/C25H25ClFN3O4/c26-19-4-1-3-18(13-19)23-14-22(29-34-23)25(32)30(16-21-5-2-12-33-21)11-10-24(31)28-15-17-6-8-20(27)9-7-17/h1,3-4,6-9,13-14,21H,2,5,10-12,15-16H2,(H,28,31). The molecule has 2 heterocycles. The molecule has 1 unspecified atom stereocenters. The Morgan fingerprint density at radius 2 is 2.00 bits per heavy atom. The lowest BCUT2D eigenvalue weighted by atomic mass is 10.1. The molecule has 34 heavy (non-hydrogen) atoms. The van der Waals surface area contributed by atoms with E-state index in [9.17, 15) is 14.0 Å². The Bertz CT molecular complexity index is 1130. The van der Waals surface area contributed by atoms with Gasteiger partial charge in [0.25, 0.3) is 5.91 Å². The molecule has 3 aromatic rings. The smallest absolute Gasteiger partial charge is 0.276 e. The molecule has 4 rings (SSSR count). The summed E-state index contributed by atoms with van der Waals surface area (Å²) in [5.74, 6) is -0.446. The van der Waals surface area contributed by atoms with E-state index < -0.39 is 0 Å². The van der Waals surface area contributed by atoms with Crippen molar-refractivity contribution in [3.05, 3.63) is 76.7 Å². The van der Waals surface area contributed by atoms with Gasteiger partial charge in [0, 0.05) is 49.3 Å². The van der Waals surface area contributed by atoms with Crippen molar-refractivity contribution in [1.29, 1.82) is 0 Å². The highest BCUT2D eigenvalue weighted by molar-refractivity contribution is 6.30. The number of rotatable bonds is 9. The Hall–Kier alpha value is -3.23. The van der Waals surface area contributed by atoms with Crippen molar-refractivity contribution in [3.8, 4) is 11.3 Å². The van der Waals surface area contributed by atoms with Crippen LogP contribution in [0.25, 0.3) is 11.3 Å². The van der Waals surface area contributed by atoms with Crippen LogP contribution in [0.2, 0.25) is 5.02 Å². The summed E-state index contributed by atoms with van der Waals surface area (Å²) in [4.78, 5) is 27.2. The first kappa shape index (κ1) is 23.9. The third kappa shape index (κ3) is 6.42. The van der Waals surface area contributed by atoms with Crippen LogP contribution in [0.15, 0.2) is 59.1 Å². The van der Waals surface area contributed by atoms with Crippen molar-refractivity contribution in [2.24, 2.45) is 0 Å². The molecule has 1 fully saturated rings. The molecule has 2 aromatic carbocycles. The fourth-order valence-corrected chi connectivity index (χ4v) is 3.94. The molecule has 2 amide bonds. The third-order valence-corrected chi connectivity index (χ3v) is 5.82. The molecule has 1 N–H and O–H groups in total. The number of benzene rings is 2. The fraction of sp³-hybridized carbons (Fsp3) is 0.320. The maximum Gasteiger partial charge on any atom is 0.276 e. The van der Waals surface area contributed by atoms with Crippen LogP contribution in [-0.4, -0.2) is 47.7 Å². The van der Waals surface area contributed by atoms with E-state index >= 15 is 0 Å². The zero-order chi connectivity index (χ0) is 23.9. The minimum absolute atomic E-state index is 0.0782. The summed E-state index contributed by atoms with van der Waals surface area (Å²) in [6.07, 6.45) is 1.82. The Kier molecular flexibility index (Phi) is 7.92. The number of halogens is 2. The van der Waals surface area contributed by atoms with E-state index in [1.807, 2.05) is 6.07 Å². The predicted octanol–water partition coefficient (Wildman–Crippen LogP) is 4.46. The van der Waals surface area contributed by atoms with Gasteiger partial charge in [-0.15, -0.1) is 0 Å². The van der Waals surface area contributed by atoms with E-state index in [4.69, 9.17) is 20.9 Å². The van der Waals surface area contributed by atoms with E-state index in [2.05, 4.69) is 10.5 Å². The number of nitrogens with one attached hydrogen (secondary N) is 1. The molecule has 0 saturated carbocycles. The lowest BCUT2D eigenvalue weighted by molar-refractivity contribution is -0.121. The highest BCUT2D eigenvalue weighted by Gasteiger charge is 2.26. The molecule has 7 nitrogen and oxygen atoms in total. The first-order chi connectivity index (χ1) is 16.5. The topological polar surface area (TPSA) is 84.7 Å². The minimum atomic E-state index is -0.334. The maximum atomic E-state index is 13.2. The first-order valence-corrected chi connectivity index (χ1v) is 11.5. The molecule has 0 bridgehead atoms. The summed E-state index contributed by atoms with van der Waals surface area (Å²) in [6, 6.07) is 14.6. The van der Waals surface area contributed by atoms with Crippen LogP contribution in [0.5, 0.6) is 0 Å². The SMILES string of the molecule is O=C(CCN(CC1CCCO1)C(=O)c1cc(-c2cccc(Cl)c2)on1)NCc1ccc(F)cc1. The van der Waals surface area contributed by atoms with Crippen LogP contribution in [0.3, 0.4) is 0 Å². The van der Waals surface area contributed by atoms with Gasteiger partial charge in [-0.3, -0.25) is 9.59 Å². The second-order valence-corrected chi connectivity index (χ2v) is 8.56. The van der Waals surface area contributed by atoms with Crippen LogP contribution in [0.1, 0.15) is 35.3 Å². The van der Waals surface area contributed by atoms with Crippen molar-refractivity contribution in [2.75, 3.05) is 19.7 Å². The number of hydrogen-bond acceptors (Lipinski definition) is 5. The normalized spacial score (nSPS) is 15.3. The average molecular weight is 486 g/mol. The highest BCUT2D eigenvalue weighted by Crippen LogP contribution is 2.24. The molecule has 1 aliphatic rings. The lowest BCUT2D eigenvalue weighted by Gasteiger charge is -2.24. The first-order valence-electron chi connectivity index (χ1n) is 11.1. The Morgan fingerprint density at radius 1 is 1.18 bits per heavy atom. The van der Waals surface area contributed by atoms with Crippen LogP contribution in [0.4, 0.5) is 4.39 Å². The minimum Gasteiger partial charge on any atom is -0.376 e. The average Bonchev–Trinajstić information content (AvgIpc) is 3.53. The molecule has 9 heteroatoms. The van der Waals surface area contributed by atoms with Gasteiger partial charge < -0.3 is 19.5 Å². The summed E-state index contributed by atoms with van der Waals surface area (Å²) in [5.41, 5.74) is 1.66. The number of ether oxygens (including phenoxy) is 1. The Balaban J connectivity index is 1.39. The second kappa shape index (κ2) is 11.3. The molecule has 1 atom stereocenters. The molecule has 178 valence electrons. The lowest BCUT2D eigenvalue weighted by Crippen LogP contribution is -2.40. The molecule has 1 aliphatic heterocycles. The number of carbonyl (C=O) groups excluding carboxylic acids is 2. The van der Waals surface area contributed by atoms with Crippen molar-refractivity contribution < 1.29 is 23.2 Å². The summed E-state index contributed by atoms with van der Waals surface area (Å²) in [5, 5.41) is 7.30. The van der Waals surface area contributed by atoms with Crippen molar-refractivity contribution in [3.63, 3.8) is 0 Å². The number of aromatic nitrogens is 1. The zero-order valence-electron chi connectivity index (χ0n) is 18.5. The third-order valence-electron chi connectivity index (χ3n) is 5.59. The van der Waals surface area contributed by atoms with E-state index in [1.54, 1.807) is 41.3 Å². The van der Waals surface area contributed by atoms with Gasteiger partial charge in [0.1, 0.15) is 5.82 Å². The van der Waals surface area contributed by atoms with E-state index in [0.717, 1.165) is 18.4 Å². The van der Waals surface area contributed by atoms with Crippen LogP contribution >= 0.6 is 11.6 Å². The van der Waals surface area contributed by atoms with Crippen molar-refractivity contribution in [1.82, 2.24) is 15.4 Å². The molecule has 0 spiro atoms. The molecule has 0 aliphatic carbocycles. The number of nitrogens with zero attached hydrogens (tertiary/aromatic N) is 2. The zero-order valence-corrected chi connectivity index (χ0v) is 19.3. The Morgan fingerprint density at radius 3 is 2.74 bits per heavy atom. The molecule has 1 aromatic heterocycles. The number of carbonyl (C=O) groups is 2. The highest BCUT2D eigenvalue weighted by atomic mass is 35.5. The summed E-state index contributed by atoms with van der Waals surface area (Å²) in [7, 11) is 0. The van der Waals surface area contributed by atoms with Gasteiger partial charge in [-0.2, -0.15) is 0 Å². The summed E-state index contributed by atoms with van der Waals surface area (Å²) in [6.45, 7) is 1.51. The largest absolute Gasteiger partial charge is 0.376 e. The van der Waals surface area contributed by atoms with Gasteiger partial charge in [-0.25, -0.2) is 4.39 Å². The quantitative estimate of drug-likeness (QED) is 0.483. The molecule has 1 saturated heterocycles. The summed E-state index contributed by atoms with van der Waals surface area (Å²) < 4.78 is 24.1. The van der Waals surface area contributed by atoms with Gasteiger partial charge in [-0.05, 0) is 42.7 Å². The second-order valence-electron chi connectivity index (χ2n) is 8.13. The van der Waals surface area contributed by atoms with Crippen LogP contribution in [-0.2, 0) is 16.1 Å². The van der Waals surface area contributed by atoms with Crippen LogP contribution in [0, 0.1) is 5.82 Å². The fourth-order valence-electron chi connectivity index (χ4n) is 3.75. The molecular weight excluding hydrogens is 461 g/mol. The summed E-state index contributed by atoms with van der Waals surface area (Å²) >= 11 is 6.05. The van der Waals surface area contributed by atoms with E-state index in [-0.39, 0.29) is 48.9 Å². The van der Waals surface area contributed by atoms with Gasteiger partial charge >= 0.3 is 0 Å². The van der Waals surface area contributed by atoms with Gasteiger partial charge in [-0.1, -0.05) is 41.0 Å². The molecular formula is C25H25ClFN3O4. The van der Waals surface area contributed by atoms with Crippen molar-refractivity contribution >= 4 is 23.4 Å². The monoisotopic (exact) mass is 485 g/mol. The van der Waals surface area contributed by atoms with Crippen LogP contribution < -0.4 is 5.32 Å². The van der Waals surface area contributed by atoms with Gasteiger partial charge in [0.05, 0.1) is 6.10 Å². The van der Waals surface area contributed by atoms with E-state index in [0.29, 0.717) is 29.5 Å². The number of amides is 2. The van der Waals surface area contributed by atoms with Crippen molar-refractivity contribution in [2.45, 2.75) is 31.9 Å². The predicted molar refractivity (Wildman–Crippen MR) is 125 cm³/mol. The van der Waals surface area contributed by atoms with Gasteiger partial charge in [0.15, 0.2) is 11.5 Å².